The summed E-state index contributed by atoms with van der Waals surface area (Å²) in [5.74, 6) is 0.684. The number of rotatable bonds is 9. The van der Waals surface area contributed by atoms with E-state index < -0.39 is 0 Å². The molecule has 0 radical (unpaired) electrons. The fourth-order valence-corrected chi connectivity index (χ4v) is 2.05. The average molecular weight is 379 g/mol. The minimum Gasteiger partial charge on any atom is -0.507 e. The predicted octanol–water partition coefficient (Wildman–Crippen LogP) is 3.55. The molecule has 0 unspecified atom stereocenters. The van der Waals surface area contributed by atoms with Gasteiger partial charge < -0.3 is 24.6 Å². The molecule has 0 saturated carbocycles. The van der Waals surface area contributed by atoms with Gasteiger partial charge in [0.25, 0.3) is 0 Å². The van der Waals surface area contributed by atoms with Crippen LogP contribution in [0.15, 0.2) is 46.7 Å². The molecule has 0 amide bonds. The van der Waals surface area contributed by atoms with Crippen LogP contribution in [0, 0.1) is 0 Å². The highest BCUT2D eigenvalue weighted by Gasteiger charge is 2.01. The van der Waals surface area contributed by atoms with Crippen LogP contribution in [0.3, 0.4) is 0 Å². The Labute approximate surface area is 156 Å². The first-order valence-corrected chi connectivity index (χ1v) is 8.14. The van der Waals surface area contributed by atoms with Gasteiger partial charge in [0, 0.05) is 28.6 Å². The normalized spacial score (nSPS) is 11.2. The van der Waals surface area contributed by atoms with Crippen molar-refractivity contribution in [2.24, 2.45) is 10.3 Å². The minimum atomic E-state index is 0.0543. The van der Waals surface area contributed by atoms with Crippen LogP contribution in [0.25, 0.3) is 0 Å². The van der Waals surface area contributed by atoms with Crippen molar-refractivity contribution in [2.75, 3.05) is 20.3 Å². The van der Waals surface area contributed by atoms with Crippen molar-refractivity contribution in [3.63, 3.8) is 0 Å². The summed E-state index contributed by atoms with van der Waals surface area (Å²) in [5, 5.41) is 27.4. The van der Waals surface area contributed by atoms with Crippen molar-refractivity contribution in [1.82, 2.24) is 0 Å². The number of aromatic hydroxyl groups is 2. The highest BCUT2D eigenvalue weighted by Crippen LogP contribution is 2.22. The Balaban J connectivity index is 1.65. The summed E-state index contributed by atoms with van der Waals surface area (Å²) in [6.07, 6.45) is 3.35. The Hall–Kier alpha value is -2.93. The molecule has 0 aromatic heterocycles. The first-order chi connectivity index (χ1) is 12.6. The molecule has 2 aromatic rings. The van der Waals surface area contributed by atoms with Gasteiger partial charge in [-0.2, -0.15) is 0 Å². The van der Waals surface area contributed by atoms with Gasteiger partial charge in [-0.05, 0) is 30.3 Å². The van der Waals surface area contributed by atoms with Crippen LogP contribution in [-0.2, 0) is 9.68 Å². The first-order valence-electron chi connectivity index (χ1n) is 7.76. The number of hydrogen-bond acceptors (Lipinski definition) is 7. The van der Waals surface area contributed by atoms with E-state index in [0.717, 1.165) is 0 Å². The van der Waals surface area contributed by atoms with Crippen molar-refractivity contribution in [1.29, 1.82) is 0 Å². The second-order valence-electron chi connectivity index (χ2n) is 5.12. The molecule has 2 aromatic carbocycles. The first kappa shape index (κ1) is 19.4. The third-order valence-electron chi connectivity index (χ3n) is 3.23. The highest BCUT2D eigenvalue weighted by molar-refractivity contribution is 6.30. The number of phenols is 2. The van der Waals surface area contributed by atoms with E-state index in [1.54, 1.807) is 24.3 Å². The van der Waals surface area contributed by atoms with Crippen LogP contribution in [0.1, 0.15) is 17.5 Å². The number of methoxy groups -OCH3 is 1. The van der Waals surface area contributed by atoms with Crippen molar-refractivity contribution >= 4 is 24.0 Å². The lowest BCUT2D eigenvalue weighted by atomic mass is 10.2. The molecule has 0 aliphatic rings. The van der Waals surface area contributed by atoms with Gasteiger partial charge in [-0.1, -0.05) is 21.9 Å². The maximum absolute atomic E-state index is 9.76. The number of ether oxygens (including phenoxy) is 1. The molecule has 0 atom stereocenters. The van der Waals surface area contributed by atoms with Crippen molar-refractivity contribution < 1.29 is 24.6 Å². The molecule has 0 aliphatic heterocycles. The summed E-state index contributed by atoms with van der Waals surface area (Å²) in [6.45, 7) is 0.645. The van der Waals surface area contributed by atoms with Gasteiger partial charge in [0.05, 0.1) is 19.5 Å². The molecule has 8 heteroatoms. The van der Waals surface area contributed by atoms with E-state index in [1.165, 1.54) is 31.7 Å². The standard InChI is InChI=1S/C18H19ClN2O5/c1-24-16-5-3-13(18(23)10-16)11-20-25-7-2-8-26-21-12-14-9-15(19)4-6-17(14)22/h3-6,9-12,22-23H,2,7-8H2,1H3/b20-11+,21-12+. The number of nitrogens with zero attached hydrogens (tertiary/aromatic N) is 2. The zero-order valence-electron chi connectivity index (χ0n) is 14.1. The molecule has 0 fully saturated rings. The van der Waals surface area contributed by atoms with Gasteiger partial charge in [-0.15, -0.1) is 0 Å². The van der Waals surface area contributed by atoms with Crippen molar-refractivity contribution in [2.45, 2.75) is 6.42 Å². The topological polar surface area (TPSA) is 92.9 Å². The molecule has 2 N–H and O–H groups in total. The van der Waals surface area contributed by atoms with Gasteiger partial charge >= 0.3 is 0 Å². The molecule has 26 heavy (non-hydrogen) atoms. The molecule has 7 nitrogen and oxygen atoms in total. The maximum atomic E-state index is 9.76. The highest BCUT2D eigenvalue weighted by atomic mass is 35.5. The van der Waals surface area contributed by atoms with Gasteiger partial charge in [-0.25, -0.2) is 0 Å². The summed E-state index contributed by atoms with van der Waals surface area (Å²) in [7, 11) is 1.52. The van der Waals surface area contributed by atoms with Crippen molar-refractivity contribution in [3.8, 4) is 17.2 Å². The Kier molecular flexibility index (Phi) is 7.57. The Morgan fingerprint density at radius 3 is 2.27 bits per heavy atom. The minimum absolute atomic E-state index is 0.0543. The van der Waals surface area contributed by atoms with E-state index in [-0.39, 0.29) is 11.5 Å². The van der Waals surface area contributed by atoms with Crippen LogP contribution in [0.2, 0.25) is 5.02 Å². The SMILES string of the molecule is COc1ccc(/C=N/OCCCO/N=C/c2cc(Cl)ccc2O)c(O)c1. The van der Waals surface area contributed by atoms with Crippen LogP contribution < -0.4 is 4.74 Å². The van der Waals surface area contributed by atoms with E-state index in [1.807, 2.05) is 0 Å². The monoisotopic (exact) mass is 378 g/mol. The molecule has 0 heterocycles. The van der Waals surface area contributed by atoms with Gasteiger partial charge in [-0.3, -0.25) is 0 Å². The second-order valence-corrected chi connectivity index (χ2v) is 5.55. The van der Waals surface area contributed by atoms with Gasteiger partial charge in [0.2, 0.25) is 0 Å². The van der Waals surface area contributed by atoms with Crippen LogP contribution in [0.4, 0.5) is 0 Å². The summed E-state index contributed by atoms with van der Waals surface area (Å²) in [6, 6.07) is 9.52. The largest absolute Gasteiger partial charge is 0.507 e. The lowest BCUT2D eigenvalue weighted by molar-refractivity contribution is 0.0914. The molecule has 0 bridgehead atoms. The molecular weight excluding hydrogens is 360 g/mol. The van der Waals surface area contributed by atoms with E-state index in [9.17, 15) is 10.2 Å². The summed E-state index contributed by atoms with van der Waals surface area (Å²) >= 11 is 5.83. The van der Waals surface area contributed by atoms with Crippen LogP contribution in [-0.4, -0.2) is 43.0 Å². The zero-order chi connectivity index (χ0) is 18.8. The average Bonchev–Trinajstić information content (AvgIpc) is 2.64. The number of oxime groups is 2. The number of hydrogen-bond donors (Lipinski definition) is 2. The molecule has 0 aliphatic carbocycles. The number of phenolic OH excluding ortho intramolecular Hbond substituents is 2. The lowest BCUT2D eigenvalue weighted by Gasteiger charge is -2.03. The summed E-state index contributed by atoms with van der Waals surface area (Å²) in [4.78, 5) is 10.2. The summed E-state index contributed by atoms with van der Waals surface area (Å²) in [5.41, 5.74) is 0.991. The molecule has 138 valence electrons. The third kappa shape index (κ3) is 6.18. The third-order valence-corrected chi connectivity index (χ3v) is 3.47. The van der Waals surface area contributed by atoms with Gasteiger partial charge in [0.1, 0.15) is 30.5 Å². The molecular formula is C18H19ClN2O5. The van der Waals surface area contributed by atoms with Crippen LogP contribution in [0.5, 0.6) is 17.2 Å². The summed E-state index contributed by atoms with van der Waals surface area (Å²) < 4.78 is 5.00. The predicted molar refractivity (Wildman–Crippen MR) is 99.5 cm³/mol. The smallest absolute Gasteiger partial charge is 0.128 e. The second kappa shape index (κ2) is 10.1. The number of halogens is 1. The molecule has 0 saturated heterocycles. The zero-order valence-corrected chi connectivity index (χ0v) is 14.9. The van der Waals surface area contributed by atoms with Crippen LogP contribution >= 0.6 is 11.6 Å². The van der Waals surface area contributed by atoms with E-state index in [0.29, 0.717) is 41.5 Å². The van der Waals surface area contributed by atoms with E-state index in [4.69, 9.17) is 26.0 Å². The van der Waals surface area contributed by atoms with Gasteiger partial charge in [0.15, 0.2) is 0 Å². The number of benzene rings is 2. The lowest BCUT2D eigenvalue weighted by Crippen LogP contribution is -1.96. The quantitative estimate of drug-likeness (QED) is 0.395. The maximum Gasteiger partial charge on any atom is 0.128 e. The molecule has 2 rings (SSSR count). The fraction of sp³-hybridized carbons (Fsp3) is 0.222. The van der Waals surface area contributed by atoms with E-state index in [2.05, 4.69) is 10.3 Å². The Bertz CT molecular complexity index is 780. The fourth-order valence-electron chi connectivity index (χ4n) is 1.87. The Morgan fingerprint density at radius 2 is 1.62 bits per heavy atom. The van der Waals surface area contributed by atoms with Crippen molar-refractivity contribution in [3.05, 3.63) is 52.5 Å². The Morgan fingerprint density at radius 1 is 0.923 bits per heavy atom. The van der Waals surface area contributed by atoms with E-state index >= 15 is 0 Å². The molecule has 0 spiro atoms.